The van der Waals surface area contributed by atoms with E-state index in [4.69, 9.17) is 26.2 Å². The van der Waals surface area contributed by atoms with Crippen molar-refractivity contribution in [1.29, 1.82) is 0 Å². The SMILES string of the molecule is CC[C@@H](N)C(=O)N1CC[C@](C)(N2CCc3c(-c4cnc(N)nc4)nc(N4CCOC[C@@H]4C)nc32)C1.Cl. The largest absolute Gasteiger partial charge is 0.377 e. The van der Waals surface area contributed by atoms with Gasteiger partial charge in [-0.25, -0.2) is 15.0 Å². The van der Waals surface area contributed by atoms with Gasteiger partial charge in [-0.05, 0) is 33.1 Å². The zero-order valence-corrected chi connectivity index (χ0v) is 22.0. The molecule has 3 aliphatic heterocycles. The number of carbonyl (C=O) groups is 1. The van der Waals surface area contributed by atoms with Gasteiger partial charge in [-0.2, -0.15) is 4.98 Å². The summed E-state index contributed by atoms with van der Waals surface area (Å²) >= 11 is 0. The Labute approximate surface area is 218 Å². The van der Waals surface area contributed by atoms with Crippen LogP contribution in [0.1, 0.15) is 39.2 Å². The smallest absolute Gasteiger partial charge is 0.239 e. The third-order valence-electron chi connectivity index (χ3n) is 7.56. The number of likely N-dealkylation sites (tertiary alicyclic amines) is 1. The first-order valence-corrected chi connectivity index (χ1v) is 12.5. The highest BCUT2D eigenvalue weighted by molar-refractivity contribution is 5.85. The zero-order valence-electron chi connectivity index (χ0n) is 21.2. The van der Waals surface area contributed by atoms with E-state index < -0.39 is 6.04 Å². The number of morpholine rings is 1. The number of ether oxygens (including phenoxy) is 1. The molecule has 0 bridgehead atoms. The molecule has 36 heavy (non-hydrogen) atoms. The van der Waals surface area contributed by atoms with E-state index >= 15 is 0 Å². The number of nitrogens with zero attached hydrogens (tertiary/aromatic N) is 7. The molecule has 3 atom stereocenters. The van der Waals surface area contributed by atoms with Crippen molar-refractivity contribution in [3.05, 3.63) is 18.0 Å². The van der Waals surface area contributed by atoms with Crippen LogP contribution >= 0.6 is 12.4 Å². The fourth-order valence-corrected chi connectivity index (χ4v) is 5.38. The number of halogens is 1. The van der Waals surface area contributed by atoms with Gasteiger partial charge in [-0.15, -0.1) is 12.4 Å². The molecule has 12 heteroatoms. The van der Waals surface area contributed by atoms with Gasteiger partial charge in [0.25, 0.3) is 0 Å². The first-order valence-electron chi connectivity index (χ1n) is 12.5. The lowest BCUT2D eigenvalue weighted by Gasteiger charge is -2.38. The molecule has 196 valence electrons. The fourth-order valence-electron chi connectivity index (χ4n) is 5.38. The van der Waals surface area contributed by atoms with Gasteiger partial charge in [0.1, 0.15) is 5.82 Å². The van der Waals surface area contributed by atoms with Crippen LogP contribution in [0, 0.1) is 0 Å². The van der Waals surface area contributed by atoms with Crippen molar-refractivity contribution < 1.29 is 9.53 Å². The van der Waals surface area contributed by atoms with Gasteiger partial charge in [0.2, 0.25) is 17.8 Å². The van der Waals surface area contributed by atoms with Crippen LogP contribution in [-0.2, 0) is 16.0 Å². The van der Waals surface area contributed by atoms with Crippen LogP contribution in [0.2, 0.25) is 0 Å². The molecule has 1 amide bonds. The summed E-state index contributed by atoms with van der Waals surface area (Å²) in [5.41, 5.74) is 14.3. The van der Waals surface area contributed by atoms with E-state index in [1.165, 1.54) is 0 Å². The van der Waals surface area contributed by atoms with Gasteiger partial charge in [-0.3, -0.25) is 4.79 Å². The molecule has 0 aromatic carbocycles. The summed E-state index contributed by atoms with van der Waals surface area (Å²) in [6.07, 6.45) is 5.77. The second-order valence-corrected chi connectivity index (χ2v) is 10.0. The Balaban J connectivity index is 0.00000304. The minimum absolute atomic E-state index is 0. The van der Waals surface area contributed by atoms with E-state index in [1.54, 1.807) is 12.4 Å². The summed E-state index contributed by atoms with van der Waals surface area (Å²) in [5, 5.41) is 0. The summed E-state index contributed by atoms with van der Waals surface area (Å²) in [6, 6.07) is -0.282. The highest BCUT2D eigenvalue weighted by Crippen LogP contribution is 2.41. The van der Waals surface area contributed by atoms with Crippen LogP contribution < -0.4 is 21.3 Å². The summed E-state index contributed by atoms with van der Waals surface area (Å²) in [5.74, 6) is 1.87. The molecular weight excluding hydrogens is 482 g/mol. The van der Waals surface area contributed by atoms with E-state index in [1.807, 2.05) is 11.8 Å². The van der Waals surface area contributed by atoms with Crippen molar-refractivity contribution in [2.75, 3.05) is 54.9 Å². The predicted octanol–water partition coefficient (Wildman–Crippen LogP) is 1.25. The quantitative estimate of drug-likeness (QED) is 0.595. The molecule has 5 heterocycles. The highest BCUT2D eigenvalue weighted by Gasteiger charge is 2.45. The lowest BCUT2D eigenvalue weighted by molar-refractivity contribution is -0.131. The van der Waals surface area contributed by atoms with Gasteiger partial charge in [0, 0.05) is 49.7 Å². The zero-order chi connectivity index (χ0) is 24.7. The van der Waals surface area contributed by atoms with Crippen LogP contribution in [0.25, 0.3) is 11.3 Å². The van der Waals surface area contributed by atoms with Crippen molar-refractivity contribution in [3.8, 4) is 11.3 Å². The van der Waals surface area contributed by atoms with E-state index in [-0.39, 0.29) is 35.8 Å². The van der Waals surface area contributed by atoms with E-state index in [9.17, 15) is 4.79 Å². The second-order valence-electron chi connectivity index (χ2n) is 10.0. The molecule has 5 rings (SSSR count). The van der Waals surface area contributed by atoms with Crippen LogP contribution in [0.5, 0.6) is 0 Å². The molecule has 3 aliphatic rings. The maximum absolute atomic E-state index is 12.8. The number of nitrogen functional groups attached to an aromatic ring is 1. The van der Waals surface area contributed by atoms with E-state index in [0.29, 0.717) is 38.7 Å². The molecule has 2 aromatic rings. The first-order chi connectivity index (χ1) is 16.8. The van der Waals surface area contributed by atoms with Crippen LogP contribution in [0.3, 0.4) is 0 Å². The molecule has 2 fully saturated rings. The number of amides is 1. The average Bonchev–Trinajstić information content (AvgIpc) is 3.48. The van der Waals surface area contributed by atoms with Crippen molar-refractivity contribution in [2.24, 2.45) is 5.73 Å². The van der Waals surface area contributed by atoms with Crippen LogP contribution in [0.4, 0.5) is 17.7 Å². The van der Waals surface area contributed by atoms with Gasteiger partial charge in [0.05, 0.1) is 36.5 Å². The predicted molar refractivity (Wildman–Crippen MR) is 141 cm³/mol. The second kappa shape index (κ2) is 10.3. The number of carbonyl (C=O) groups excluding carboxylic acids is 1. The molecule has 0 saturated carbocycles. The summed E-state index contributed by atoms with van der Waals surface area (Å²) in [6.45, 7) is 10.4. The summed E-state index contributed by atoms with van der Waals surface area (Å²) in [7, 11) is 0. The fraction of sp³-hybridized carbons (Fsp3) is 0.625. The minimum atomic E-state index is -0.447. The molecule has 2 saturated heterocycles. The molecule has 11 nitrogen and oxygen atoms in total. The van der Waals surface area contributed by atoms with Gasteiger partial charge in [-0.1, -0.05) is 6.92 Å². The van der Waals surface area contributed by atoms with Crippen LogP contribution in [-0.4, -0.2) is 87.8 Å². The Bertz CT molecular complexity index is 1100. The Morgan fingerprint density at radius 1 is 1.25 bits per heavy atom. The van der Waals surface area contributed by atoms with Crippen LogP contribution in [0.15, 0.2) is 12.4 Å². The molecular formula is C24H36ClN9O2. The Morgan fingerprint density at radius 3 is 2.69 bits per heavy atom. The topological polar surface area (TPSA) is 140 Å². The maximum Gasteiger partial charge on any atom is 0.239 e. The number of aromatic nitrogens is 4. The number of fused-ring (bicyclic) bond motifs is 1. The molecule has 2 aromatic heterocycles. The van der Waals surface area contributed by atoms with Gasteiger partial charge >= 0.3 is 0 Å². The molecule has 4 N–H and O–H groups in total. The monoisotopic (exact) mass is 517 g/mol. The lowest BCUT2D eigenvalue weighted by Crippen LogP contribution is -2.50. The third kappa shape index (κ3) is 4.67. The Kier molecular flexibility index (Phi) is 7.53. The molecule has 0 unspecified atom stereocenters. The van der Waals surface area contributed by atoms with Crippen molar-refractivity contribution >= 4 is 36.0 Å². The summed E-state index contributed by atoms with van der Waals surface area (Å²) < 4.78 is 5.65. The van der Waals surface area contributed by atoms with Gasteiger partial charge < -0.3 is 30.9 Å². The number of anilines is 3. The molecule has 0 aliphatic carbocycles. The number of rotatable bonds is 5. The number of hydrogen-bond donors (Lipinski definition) is 2. The number of hydrogen-bond acceptors (Lipinski definition) is 10. The Hall–Kier alpha value is -2.76. The van der Waals surface area contributed by atoms with E-state index in [0.717, 1.165) is 48.6 Å². The standard InChI is InChI=1S/C24H35N9O2.ClH/c1-4-18(25)21(34)31-8-6-24(3,14-31)33-7-5-17-19(16-11-27-22(26)28-12-16)29-23(30-20(17)33)32-9-10-35-13-15(32)2;/h11-12,15,18H,4-10,13-14,25H2,1-3H3,(H2,26,27,28);1H/t15-,18+,24-;/m0./s1. The maximum atomic E-state index is 12.8. The minimum Gasteiger partial charge on any atom is -0.377 e. The van der Waals surface area contributed by atoms with Gasteiger partial charge in [0.15, 0.2) is 0 Å². The Morgan fingerprint density at radius 2 is 2.00 bits per heavy atom. The highest BCUT2D eigenvalue weighted by atomic mass is 35.5. The molecule has 0 spiro atoms. The third-order valence-corrected chi connectivity index (χ3v) is 7.56. The van der Waals surface area contributed by atoms with Crippen molar-refractivity contribution in [3.63, 3.8) is 0 Å². The van der Waals surface area contributed by atoms with E-state index in [2.05, 4.69) is 33.6 Å². The average molecular weight is 518 g/mol. The number of nitrogens with two attached hydrogens (primary N) is 2. The molecule has 0 radical (unpaired) electrons. The first kappa shape index (κ1) is 26.3. The summed E-state index contributed by atoms with van der Waals surface area (Å²) in [4.78, 5) is 37.8. The lowest BCUT2D eigenvalue weighted by atomic mass is 9.99. The normalized spacial score (nSPS) is 24.4. The van der Waals surface area contributed by atoms with Crippen molar-refractivity contribution in [2.45, 2.75) is 57.7 Å². The van der Waals surface area contributed by atoms with Crippen molar-refractivity contribution in [1.82, 2.24) is 24.8 Å².